The van der Waals surface area contributed by atoms with Gasteiger partial charge >= 0.3 is 5.69 Å². The Morgan fingerprint density at radius 2 is 1.92 bits per heavy atom. The smallest absolute Gasteiger partial charge is 0.333 e. The van der Waals surface area contributed by atoms with Crippen LogP contribution in [0.3, 0.4) is 0 Å². The van der Waals surface area contributed by atoms with Gasteiger partial charge in [0.25, 0.3) is 5.56 Å². The van der Waals surface area contributed by atoms with Crippen LogP contribution in [0.1, 0.15) is 17.0 Å². The second kappa shape index (κ2) is 5.99. The Morgan fingerprint density at radius 1 is 1.24 bits per heavy atom. The van der Waals surface area contributed by atoms with Crippen LogP contribution in [0.25, 0.3) is 0 Å². The molecule has 128 valence electrons. The van der Waals surface area contributed by atoms with Gasteiger partial charge in [0, 0.05) is 14.1 Å². The molecule has 2 aromatic rings. The largest absolute Gasteiger partial charge is 0.423 e. The van der Waals surface area contributed by atoms with E-state index >= 15 is 0 Å². The Labute approximate surface area is 152 Å². The van der Waals surface area contributed by atoms with Gasteiger partial charge in [0.15, 0.2) is 0 Å². The van der Waals surface area contributed by atoms with Crippen LogP contribution in [0.5, 0.6) is 5.88 Å². The zero-order valence-electron chi connectivity index (χ0n) is 13.2. The third-order valence-corrected chi connectivity index (χ3v) is 4.94. The number of rotatable bonds is 1. The molecule has 25 heavy (non-hydrogen) atoms. The molecule has 0 saturated carbocycles. The average Bonchev–Trinajstić information content (AvgIpc) is 2.59. The van der Waals surface area contributed by atoms with Crippen molar-refractivity contribution in [3.05, 3.63) is 71.7 Å². The van der Waals surface area contributed by atoms with Crippen molar-refractivity contribution in [2.75, 3.05) is 0 Å². The molecule has 0 amide bonds. The molecule has 0 aliphatic carbocycles. The molecule has 0 spiro atoms. The number of nitriles is 1. The molecule has 2 heterocycles. The van der Waals surface area contributed by atoms with Crippen LogP contribution < -0.4 is 21.7 Å². The summed E-state index contributed by atoms with van der Waals surface area (Å²) < 4.78 is 7.50. The number of aromatic nitrogens is 2. The van der Waals surface area contributed by atoms with Crippen LogP contribution >= 0.6 is 23.2 Å². The molecule has 2 N–H and O–H groups in total. The summed E-state index contributed by atoms with van der Waals surface area (Å²) in [4.78, 5) is 24.9. The van der Waals surface area contributed by atoms with E-state index in [-0.39, 0.29) is 32.9 Å². The molecule has 9 heteroatoms. The number of benzene rings is 1. The number of nitrogens with two attached hydrogens (primary N) is 1. The second-order valence-electron chi connectivity index (χ2n) is 5.49. The van der Waals surface area contributed by atoms with Crippen LogP contribution in [0, 0.1) is 11.3 Å². The maximum atomic E-state index is 12.8. The van der Waals surface area contributed by atoms with Crippen LogP contribution in [0.2, 0.25) is 10.0 Å². The Morgan fingerprint density at radius 3 is 2.56 bits per heavy atom. The molecule has 1 atom stereocenters. The third kappa shape index (κ3) is 2.42. The van der Waals surface area contributed by atoms with Crippen molar-refractivity contribution in [2.24, 2.45) is 19.8 Å². The molecule has 3 rings (SSSR count). The third-order valence-electron chi connectivity index (χ3n) is 4.11. The van der Waals surface area contributed by atoms with Gasteiger partial charge in [-0.15, -0.1) is 0 Å². The van der Waals surface area contributed by atoms with Crippen molar-refractivity contribution in [3.8, 4) is 11.9 Å². The van der Waals surface area contributed by atoms with Crippen LogP contribution in [0.4, 0.5) is 0 Å². The summed E-state index contributed by atoms with van der Waals surface area (Å²) in [6.45, 7) is 0. The molecule has 0 saturated heterocycles. The van der Waals surface area contributed by atoms with Crippen LogP contribution in [0.15, 0.2) is 39.2 Å². The van der Waals surface area contributed by atoms with Crippen molar-refractivity contribution < 1.29 is 4.74 Å². The predicted molar refractivity (Wildman–Crippen MR) is 92.7 cm³/mol. The Balaban J connectivity index is 2.48. The van der Waals surface area contributed by atoms with Crippen molar-refractivity contribution in [3.63, 3.8) is 0 Å². The number of nitrogens with zero attached hydrogens (tertiary/aromatic N) is 3. The van der Waals surface area contributed by atoms with E-state index in [1.54, 1.807) is 18.2 Å². The summed E-state index contributed by atoms with van der Waals surface area (Å²) in [6, 6.07) is 6.84. The highest BCUT2D eigenvalue weighted by molar-refractivity contribution is 6.42. The van der Waals surface area contributed by atoms with Gasteiger partial charge in [-0.2, -0.15) is 5.26 Å². The number of fused-ring (bicyclic) bond motifs is 1. The van der Waals surface area contributed by atoms with Crippen molar-refractivity contribution in [1.29, 1.82) is 5.26 Å². The normalized spacial score (nSPS) is 16.2. The highest BCUT2D eigenvalue weighted by atomic mass is 35.5. The molecule has 0 unspecified atom stereocenters. The summed E-state index contributed by atoms with van der Waals surface area (Å²) in [5.74, 6) is -1.12. The minimum absolute atomic E-state index is 0.0208. The summed E-state index contributed by atoms with van der Waals surface area (Å²) in [5.41, 5.74) is 5.23. The second-order valence-corrected chi connectivity index (χ2v) is 6.28. The van der Waals surface area contributed by atoms with E-state index in [4.69, 9.17) is 33.7 Å². The number of hydrogen-bond donors (Lipinski definition) is 1. The van der Waals surface area contributed by atoms with Gasteiger partial charge in [0.2, 0.25) is 11.8 Å². The van der Waals surface area contributed by atoms with Gasteiger partial charge in [0.05, 0.1) is 21.5 Å². The fraction of sp³-hybridized carbons (Fsp3) is 0.188. The SMILES string of the molecule is Cn1c2c(c(=O)n(C)c1=O)[C@H](c1cccc(Cl)c1Cl)C(C#N)=C(N)O2. The Bertz CT molecular complexity index is 1090. The molecule has 1 aliphatic rings. The van der Waals surface area contributed by atoms with Crippen molar-refractivity contribution in [2.45, 2.75) is 5.92 Å². The number of allylic oxidation sites excluding steroid dienone is 1. The molecule has 7 nitrogen and oxygen atoms in total. The first kappa shape index (κ1) is 17.1. The van der Waals surface area contributed by atoms with Gasteiger partial charge in [-0.1, -0.05) is 35.3 Å². The van der Waals surface area contributed by atoms with E-state index in [0.717, 1.165) is 9.13 Å². The summed E-state index contributed by atoms with van der Waals surface area (Å²) in [6.07, 6.45) is 0. The molecular weight excluding hydrogens is 367 g/mol. The van der Waals surface area contributed by atoms with Gasteiger partial charge < -0.3 is 10.5 Å². The summed E-state index contributed by atoms with van der Waals surface area (Å²) in [5, 5.41) is 10.0. The fourth-order valence-corrected chi connectivity index (χ4v) is 3.26. The standard InChI is InChI=1S/C16H12Cl2N4O3/c1-21-14(23)11-10(7-4-3-5-9(17)12(7)18)8(6-19)13(20)25-15(11)22(2)16(21)24/h3-5,10H,20H2,1-2H3/t10-/m1/s1. The van der Waals surface area contributed by atoms with E-state index in [2.05, 4.69) is 0 Å². The van der Waals surface area contributed by atoms with E-state index in [1.165, 1.54) is 14.1 Å². The molecule has 1 aromatic heterocycles. The van der Waals surface area contributed by atoms with Crippen LogP contribution in [-0.4, -0.2) is 9.13 Å². The molecule has 0 bridgehead atoms. The zero-order chi connectivity index (χ0) is 18.5. The lowest BCUT2D eigenvalue weighted by molar-refractivity contribution is 0.348. The van der Waals surface area contributed by atoms with Gasteiger partial charge in [-0.3, -0.25) is 13.9 Å². The molecule has 1 aromatic carbocycles. The van der Waals surface area contributed by atoms with Gasteiger partial charge in [0.1, 0.15) is 11.6 Å². The van der Waals surface area contributed by atoms with Gasteiger partial charge in [-0.05, 0) is 11.6 Å². The maximum absolute atomic E-state index is 12.8. The number of hydrogen-bond acceptors (Lipinski definition) is 5. The highest BCUT2D eigenvalue weighted by Gasteiger charge is 2.37. The van der Waals surface area contributed by atoms with Crippen molar-refractivity contribution >= 4 is 23.2 Å². The van der Waals surface area contributed by atoms with Gasteiger partial charge in [-0.25, -0.2) is 4.79 Å². The monoisotopic (exact) mass is 378 g/mol. The first-order valence-electron chi connectivity index (χ1n) is 7.11. The lowest BCUT2D eigenvalue weighted by atomic mass is 9.85. The molecule has 0 radical (unpaired) electrons. The predicted octanol–water partition coefficient (Wildman–Crippen LogP) is 1.61. The quantitative estimate of drug-likeness (QED) is 0.811. The van der Waals surface area contributed by atoms with Crippen LogP contribution in [-0.2, 0) is 14.1 Å². The summed E-state index contributed by atoms with van der Waals surface area (Å²) in [7, 11) is 2.79. The zero-order valence-corrected chi connectivity index (χ0v) is 14.7. The Hall–Kier alpha value is -2.69. The Kier molecular flexibility index (Phi) is 4.11. The summed E-state index contributed by atoms with van der Waals surface area (Å²) >= 11 is 12.4. The first-order chi connectivity index (χ1) is 11.8. The van der Waals surface area contributed by atoms with E-state index in [9.17, 15) is 14.9 Å². The topological polar surface area (TPSA) is 103 Å². The van der Waals surface area contributed by atoms with Crippen molar-refractivity contribution in [1.82, 2.24) is 9.13 Å². The minimum atomic E-state index is -0.898. The fourth-order valence-electron chi connectivity index (χ4n) is 2.84. The first-order valence-corrected chi connectivity index (χ1v) is 7.86. The lowest BCUT2D eigenvalue weighted by Gasteiger charge is -2.27. The minimum Gasteiger partial charge on any atom is -0.423 e. The maximum Gasteiger partial charge on any atom is 0.333 e. The lowest BCUT2D eigenvalue weighted by Crippen LogP contribution is -2.42. The average molecular weight is 379 g/mol. The number of halogens is 2. The molecular formula is C16H12Cl2N4O3. The molecule has 0 fully saturated rings. The van der Waals surface area contributed by atoms with E-state index in [1.807, 2.05) is 6.07 Å². The molecule has 1 aliphatic heterocycles. The number of ether oxygens (including phenoxy) is 1. The van der Waals surface area contributed by atoms with E-state index < -0.39 is 17.2 Å². The van der Waals surface area contributed by atoms with E-state index in [0.29, 0.717) is 5.56 Å². The highest BCUT2D eigenvalue weighted by Crippen LogP contribution is 2.43.